The van der Waals surface area contributed by atoms with Gasteiger partial charge >= 0.3 is 0 Å². The fourth-order valence-corrected chi connectivity index (χ4v) is 4.18. The molecule has 0 aliphatic carbocycles. The van der Waals surface area contributed by atoms with Crippen LogP contribution in [0.1, 0.15) is 28.8 Å². The molecule has 2 aliphatic heterocycles. The van der Waals surface area contributed by atoms with Crippen LogP contribution in [0, 0.1) is 0 Å². The van der Waals surface area contributed by atoms with Gasteiger partial charge in [-0.3, -0.25) is 24.5 Å². The molecule has 34 heavy (non-hydrogen) atoms. The predicted octanol–water partition coefficient (Wildman–Crippen LogP) is 1.05. The zero-order valence-corrected chi connectivity index (χ0v) is 17.9. The number of carbonyl (C=O) groups is 4. The van der Waals surface area contributed by atoms with E-state index in [4.69, 9.17) is 0 Å². The van der Waals surface area contributed by atoms with Gasteiger partial charge < -0.3 is 15.3 Å². The number of carbonyl (C=O) groups excluding carboxylic acids is 4. The molecule has 3 heterocycles. The summed E-state index contributed by atoms with van der Waals surface area (Å²) in [6.45, 7) is 0.0603. The molecule has 0 spiro atoms. The lowest BCUT2D eigenvalue weighted by Gasteiger charge is -2.29. The van der Waals surface area contributed by atoms with E-state index in [0.717, 1.165) is 5.56 Å². The number of nitrogens with one attached hydrogen (secondary N) is 2. The van der Waals surface area contributed by atoms with E-state index in [2.05, 4.69) is 20.9 Å². The molecule has 2 aromatic carbocycles. The van der Waals surface area contributed by atoms with Crippen molar-refractivity contribution in [1.82, 2.24) is 25.2 Å². The third kappa shape index (κ3) is 3.98. The molecule has 1 aromatic heterocycles. The molecule has 0 saturated carbocycles. The Bertz CT molecular complexity index is 1320. The highest BCUT2D eigenvalue weighted by Gasteiger charge is 2.39. The average molecular weight is 460 g/mol. The number of imide groups is 1. The van der Waals surface area contributed by atoms with Crippen molar-refractivity contribution in [2.24, 2.45) is 0 Å². The Balaban J connectivity index is 1.28. The number of anilines is 1. The number of amides is 4. The zero-order valence-electron chi connectivity index (χ0n) is 17.9. The molecule has 1 atom stereocenters. The maximum atomic E-state index is 12.9. The Labute approximate surface area is 193 Å². The molecule has 3 N–H and O–H groups in total. The molecule has 172 valence electrons. The highest BCUT2D eigenvalue weighted by Crippen LogP contribution is 2.32. The summed E-state index contributed by atoms with van der Waals surface area (Å²) in [7, 11) is 0. The number of piperidine rings is 1. The van der Waals surface area contributed by atoms with Gasteiger partial charge in [0.25, 0.3) is 5.91 Å². The van der Waals surface area contributed by atoms with E-state index < -0.39 is 11.9 Å². The Morgan fingerprint density at radius 3 is 2.71 bits per heavy atom. The van der Waals surface area contributed by atoms with Crippen LogP contribution in [0.25, 0.3) is 11.3 Å². The van der Waals surface area contributed by atoms with E-state index in [1.807, 2.05) is 0 Å². The SMILES string of the molecule is O=C1CCC(N2Cc3c(NC(=O)Cn4cc(-c5ccc(O)cc5)nn4)cccc3C2=O)C(=O)N1. The van der Waals surface area contributed by atoms with E-state index in [-0.39, 0.29) is 49.4 Å². The largest absolute Gasteiger partial charge is 0.508 e. The first-order chi connectivity index (χ1) is 16.4. The highest BCUT2D eigenvalue weighted by molar-refractivity contribution is 6.06. The number of phenols is 1. The van der Waals surface area contributed by atoms with Crippen LogP contribution in [0.4, 0.5) is 5.69 Å². The number of fused-ring (bicyclic) bond motifs is 1. The summed E-state index contributed by atoms with van der Waals surface area (Å²) in [6.07, 6.45) is 2.06. The fourth-order valence-electron chi connectivity index (χ4n) is 4.18. The summed E-state index contributed by atoms with van der Waals surface area (Å²) in [5, 5.41) is 22.5. The van der Waals surface area contributed by atoms with Crippen molar-refractivity contribution >= 4 is 29.3 Å². The number of benzene rings is 2. The van der Waals surface area contributed by atoms with Crippen LogP contribution < -0.4 is 10.6 Å². The monoisotopic (exact) mass is 460 g/mol. The van der Waals surface area contributed by atoms with Gasteiger partial charge in [-0.25, -0.2) is 4.68 Å². The lowest BCUT2D eigenvalue weighted by molar-refractivity contribution is -0.137. The van der Waals surface area contributed by atoms with Crippen LogP contribution >= 0.6 is 0 Å². The molecule has 3 aromatic rings. The second-order valence-corrected chi connectivity index (χ2v) is 8.13. The number of hydrogen-bond acceptors (Lipinski definition) is 7. The minimum atomic E-state index is -0.727. The molecule has 1 unspecified atom stereocenters. The van der Waals surface area contributed by atoms with Crippen molar-refractivity contribution < 1.29 is 24.3 Å². The third-order valence-corrected chi connectivity index (χ3v) is 5.86. The summed E-state index contributed by atoms with van der Waals surface area (Å²) >= 11 is 0. The standard InChI is InChI=1S/C23H20N6O5/c30-14-6-4-13(5-7-14)18-11-28(27-26-18)12-21(32)24-17-3-1-2-15-16(17)10-29(23(15)34)19-8-9-20(31)25-22(19)33/h1-7,11,19,30H,8-10,12H2,(H,24,32)(H,25,31,33). The summed E-state index contributed by atoms with van der Waals surface area (Å²) in [6, 6.07) is 10.8. The number of aromatic nitrogens is 3. The molecule has 1 fully saturated rings. The normalized spacial score (nSPS) is 17.5. The Hall–Kier alpha value is -4.54. The molecule has 11 nitrogen and oxygen atoms in total. The van der Waals surface area contributed by atoms with Gasteiger partial charge in [0, 0.05) is 35.3 Å². The topological polar surface area (TPSA) is 147 Å². The molecular weight excluding hydrogens is 440 g/mol. The van der Waals surface area contributed by atoms with Crippen molar-refractivity contribution in [3.63, 3.8) is 0 Å². The van der Waals surface area contributed by atoms with Gasteiger partial charge in [-0.05, 0) is 42.8 Å². The maximum absolute atomic E-state index is 12.9. The fraction of sp³-hybridized carbons (Fsp3) is 0.217. The minimum absolute atomic E-state index is 0.0977. The maximum Gasteiger partial charge on any atom is 0.255 e. The number of nitrogens with zero attached hydrogens (tertiary/aromatic N) is 4. The van der Waals surface area contributed by atoms with Gasteiger partial charge in [0.2, 0.25) is 17.7 Å². The third-order valence-electron chi connectivity index (χ3n) is 5.86. The summed E-state index contributed by atoms with van der Waals surface area (Å²) < 4.78 is 1.39. The van der Waals surface area contributed by atoms with Gasteiger partial charge in [0.15, 0.2) is 0 Å². The smallest absolute Gasteiger partial charge is 0.255 e. The van der Waals surface area contributed by atoms with Crippen molar-refractivity contribution in [3.05, 3.63) is 59.8 Å². The van der Waals surface area contributed by atoms with E-state index in [1.54, 1.807) is 36.5 Å². The number of aromatic hydroxyl groups is 1. The van der Waals surface area contributed by atoms with Gasteiger partial charge in [0.05, 0.1) is 6.20 Å². The molecule has 5 rings (SSSR count). The molecule has 1 saturated heterocycles. The lowest BCUT2D eigenvalue weighted by atomic mass is 10.0. The predicted molar refractivity (Wildman–Crippen MR) is 118 cm³/mol. The van der Waals surface area contributed by atoms with Crippen molar-refractivity contribution in [2.75, 3.05) is 5.32 Å². The van der Waals surface area contributed by atoms with E-state index in [9.17, 15) is 24.3 Å². The molecule has 2 aliphatic rings. The Kier molecular flexibility index (Phi) is 5.28. The number of hydrogen-bond donors (Lipinski definition) is 3. The first-order valence-electron chi connectivity index (χ1n) is 10.6. The Morgan fingerprint density at radius 1 is 1.15 bits per heavy atom. The minimum Gasteiger partial charge on any atom is -0.508 e. The van der Waals surface area contributed by atoms with Crippen LogP contribution in [0.2, 0.25) is 0 Å². The van der Waals surface area contributed by atoms with Gasteiger partial charge in [-0.1, -0.05) is 11.3 Å². The molecule has 4 amide bonds. The van der Waals surface area contributed by atoms with E-state index in [1.165, 1.54) is 21.7 Å². The second kappa shape index (κ2) is 8.43. The summed E-state index contributed by atoms with van der Waals surface area (Å²) in [5.41, 5.74) is 2.81. The average Bonchev–Trinajstić information content (AvgIpc) is 3.40. The quantitative estimate of drug-likeness (QED) is 0.482. The van der Waals surface area contributed by atoms with Crippen molar-refractivity contribution in [3.8, 4) is 17.0 Å². The van der Waals surface area contributed by atoms with Crippen molar-refractivity contribution in [2.45, 2.75) is 32.0 Å². The first kappa shape index (κ1) is 21.3. The van der Waals surface area contributed by atoms with Gasteiger partial charge in [-0.2, -0.15) is 0 Å². The van der Waals surface area contributed by atoms with E-state index >= 15 is 0 Å². The van der Waals surface area contributed by atoms with E-state index in [0.29, 0.717) is 22.5 Å². The van der Waals surface area contributed by atoms with Crippen LogP contribution in [0.15, 0.2) is 48.7 Å². The Morgan fingerprint density at radius 2 is 1.94 bits per heavy atom. The van der Waals surface area contributed by atoms with Gasteiger partial charge in [0.1, 0.15) is 24.0 Å². The molecule has 11 heteroatoms. The van der Waals surface area contributed by atoms with Crippen molar-refractivity contribution in [1.29, 1.82) is 0 Å². The number of rotatable bonds is 5. The summed E-state index contributed by atoms with van der Waals surface area (Å²) in [5.74, 6) is -1.36. The van der Waals surface area contributed by atoms with Gasteiger partial charge in [-0.15, -0.1) is 5.10 Å². The van der Waals surface area contributed by atoms with Crippen LogP contribution in [-0.2, 0) is 27.5 Å². The zero-order chi connectivity index (χ0) is 23.8. The summed E-state index contributed by atoms with van der Waals surface area (Å²) in [4.78, 5) is 50.7. The van der Waals surface area contributed by atoms with Crippen LogP contribution in [-0.4, -0.2) is 54.7 Å². The second-order valence-electron chi connectivity index (χ2n) is 8.13. The number of phenolic OH excluding ortho intramolecular Hbond substituents is 1. The van der Waals surface area contributed by atoms with Crippen LogP contribution in [0.3, 0.4) is 0 Å². The highest BCUT2D eigenvalue weighted by atomic mass is 16.3. The molecular formula is C23H20N6O5. The first-order valence-corrected chi connectivity index (χ1v) is 10.6. The molecule has 0 radical (unpaired) electrons. The molecule has 0 bridgehead atoms. The van der Waals surface area contributed by atoms with Crippen LogP contribution in [0.5, 0.6) is 5.75 Å². The lowest BCUT2D eigenvalue weighted by Crippen LogP contribution is -2.52.